The van der Waals surface area contributed by atoms with Crippen molar-refractivity contribution in [1.82, 2.24) is 0 Å². The number of hydrogen-bond donors (Lipinski definition) is 0. The van der Waals surface area contributed by atoms with Crippen LogP contribution >= 0.6 is 0 Å². The van der Waals surface area contributed by atoms with Crippen molar-refractivity contribution in [3.63, 3.8) is 0 Å². The summed E-state index contributed by atoms with van der Waals surface area (Å²) in [5.41, 5.74) is 1.93. The molecule has 2 aromatic rings. The summed E-state index contributed by atoms with van der Waals surface area (Å²) in [5, 5.41) is 0. The van der Waals surface area contributed by atoms with Crippen LogP contribution in [0.3, 0.4) is 0 Å². The predicted molar refractivity (Wildman–Crippen MR) is 116 cm³/mol. The smallest absolute Gasteiger partial charge is 0.203 e. The first-order chi connectivity index (χ1) is 13.8. The summed E-state index contributed by atoms with van der Waals surface area (Å²) in [7, 11) is 12.9. The van der Waals surface area contributed by atoms with Gasteiger partial charge in [0.1, 0.15) is 13.2 Å². The average molecular weight is 529 g/mol. The van der Waals surface area contributed by atoms with Gasteiger partial charge in [0.25, 0.3) is 0 Å². The van der Waals surface area contributed by atoms with Crippen molar-refractivity contribution in [2.24, 2.45) is 0 Å². The van der Waals surface area contributed by atoms with E-state index in [-0.39, 0.29) is 24.0 Å². The highest BCUT2D eigenvalue weighted by atomic mass is 127. The first-order valence-corrected chi connectivity index (χ1v) is 9.40. The number of quaternary nitrogens is 1. The molecule has 2 aromatic carbocycles. The molecule has 2 rings (SSSR count). The van der Waals surface area contributed by atoms with E-state index in [0.29, 0.717) is 23.9 Å². The number of methoxy groups -OCH3 is 4. The Bertz CT molecular complexity index is 821. The zero-order chi connectivity index (χ0) is 21.4. The first kappa shape index (κ1) is 25.9. The molecule has 30 heavy (non-hydrogen) atoms. The van der Waals surface area contributed by atoms with Gasteiger partial charge in [-0.05, 0) is 35.4 Å². The normalized spacial score (nSPS) is 11.0. The number of nitrogens with zero attached hydrogens (tertiary/aromatic N) is 1. The van der Waals surface area contributed by atoms with Crippen LogP contribution in [0.15, 0.2) is 30.3 Å². The Morgan fingerprint density at radius 1 is 0.700 bits per heavy atom. The topological polar surface area (TPSA) is 46.2 Å². The number of benzene rings is 2. The molecule has 0 radical (unpaired) electrons. The number of ether oxygens (including phenoxy) is 5. The van der Waals surface area contributed by atoms with E-state index in [1.54, 1.807) is 28.4 Å². The maximum absolute atomic E-state index is 5.97. The third-order valence-electron chi connectivity index (χ3n) is 4.36. The maximum atomic E-state index is 5.97. The van der Waals surface area contributed by atoms with Gasteiger partial charge in [0.15, 0.2) is 23.0 Å². The molecule has 0 saturated carbocycles. The highest BCUT2D eigenvalue weighted by Crippen LogP contribution is 2.38. The van der Waals surface area contributed by atoms with Crippen molar-refractivity contribution >= 4 is 12.2 Å². The van der Waals surface area contributed by atoms with Crippen molar-refractivity contribution in [2.45, 2.75) is 0 Å². The molecule has 0 N–H and O–H groups in total. The SMILES string of the molecule is COc1ccc(/C=C\c2cc(OC)c(OC)c(OC)c2)cc1OCC[N+](C)(C)C.[I-]. The fraction of sp³-hybridized carbons (Fsp3) is 0.391. The lowest BCUT2D eigenvalue weighted by Gasteiger charge is -2.24. The van der Waals surface area contributed by atoms with Crippen LogP contribution in [0.2, 0.25) is 0 Å². The minimum atomic E-state index is 0. The summed E-state index contributed by atoms with van der Waals surface area (Å²) in [5.74, 6) is 3.25. The van der Waals surface area contributed by atoms with E-state index in [9.17, 15) is 0 Å². The minimum absolute atomic E-state index is 0. The summed E-state index contributed by atoms with van der Waals surface area (Å²) in [6.07, 6.45) is 3.99. The summed E-state index contributed by atoms with van der Waals surface area (Å²) < 4.78 is 28.4. The standard InChI is InChI=1S/C23H32NO5.HI/c1-24(2,3)12-13-29-20-14-17(10-11-19(20)25-4)8-9-18-15-21(26-5)23(28-7)22(16-18)27-6;/h8-11,14-16H,12-13H2,1-7H3;1H/q+1;/p-1/b9-8-;. The van der Waals surface area contributed by atoms with Gasteiger partial charge in [-0.1, -0.05) is 18.2 Å². The lowest BCUT2D eigenvalue weighted by Crippen LogP contribution is -3.00. The number of rotatable bonds is 10. The van der Waals surface area contributed by atoms with Gasteiger partial charge in [-0.2, -0.15) is 0 Å². The molecule has 0 atom stereocenters. The second-order valence-corrected chi connectivity index (χ2v) is 7.56. The second kappa shape index (κ2) is 11.9. The molecule has 6 nitrogen and oxygen atoms in total. The highest BCUT2D eigenvalue weighted by molar-refractivity contribution is 5.73. The van der Waals surface area contributed by atoms with Crippen LogP contribution < -0.4 is 47.7 Å². The molecule has 166 valence electrons. The number of halogens is 1. The fourth-order valence-corrected chi connectivity index (χ4v) is 2.73. The van der Waals surface area contributed by atoms with Gasteiger partial charge in [-0.25, -0.2) is 0 Å². The minimum Gasteiger partial charge on any atom is -1.00 e. The third-order valence-corrected chi connectivity index (χ3v) is 4.36. The molecule has 0 aliphatic heterocycles. The van der Waals surface area contributed by atoms with Crippen LogP contribution in [0.5, 0.6) is 28.7 Å². The van der Waals surface area contributed by atoms with Crippen LogP contribution in [-0.4, -0.2) is 67.2 Å². The largest absolute Gasteiger partial charge is 1.00 e. The molecule has 0 amide bonds. The first-order valence-electron chi connectivity index (χ1n) is 9.40. The lowest BCUT2D eigenvalue weighted by atomic mass is 10.1. The molecule has 0 aliphatic carbocycles. The Morgan fingerprint density at radius 2 is 1.23 bits per heavy atom. The molecular formula is C23H32INO5. The Kier molecular flexibility index (Phi) is 10.3. The number of likely N-dealkylation sites (N-methyl/N-ethyl adjacent to an activating group) is 1. The Morgan fingerprint density at radius 3 is 1.73 bits per heavy atom. The summed E-state index contributed by atoms with van der Waals surface area (Å²) >= 11 is 0. The molecule has 0 saturated heterocycles. The third kappa shape index (κ3) is 7.28. The molecule has 0 aliphatic rings. The summed E-state index contributed by atoms with van der Waals surface area (Å²) in [6.45, 7) is 1.51. The van der Waals surface area contributed by atoms with Gasteiger partial charge >= 0.3 is 0 Å². The zero-order valence-electron chi connectivity index (χ0n) is 18.8. The van der Waals surface area contributed by atoms with E-state index < -0.39 is 0 Å². The van der Waals surface area contributed by atoms with E-state index in [2.05, 4.69) is 21.1 Å². The molecule has 7 heteroatoms. The fourth-order valence-electron chi connectivity index (χ4n) is 2.73. The van der Waals surface area contributed by atoms with Crippen molar-refractivity contribution in [3.8, 4) is 28.7 Å². The van der Waals surface area contributed by atoms with Crippen LogP contribution in [0.1, 0.15) is 11.1 Å². The van der Waals surface area contributed by atoms with E-state index >= 15 is 0 Å². The molecule has 0 aromatic heterocycles. The molecule has 0 unspecified atom stereocenters. The van der Waals surface area contributed by atoms with Gasteiger partial charge in [-0.3, -0.25) is 0 Å². The van der Waals surface area contributed by atoms with Gasteiger partial charge in [0, 0.05) is 0 Å². The summed E-state index contributed by atoms with van der Waals surface area (Å²) in [4.78, 5) is 0. The Hall–Kier alpha value is -2.13. The number of hydrogen-bond acceptors (Lipinski definition) is 5. The van der Waals surface area contributed by atoms with Crippen molar-refractivity contribution in [3.05, 3.63) is 41.5 Å². The monoisotopic (exact) mass is 529 g/mol. The van der Waals surface area contributed by atoms with E-state index in [1.165, 1.54) is 0 Å². The van der Waals surface area contributed by atoms with Crippen LogP contribution in [0.4, 0.5) is 0 Å². The Labute approximate surface area is 196 Å². The van der Waals surface area contributed by atoms with Crippen LogP contribution in [0, 0.1) is 0 Å². The zero-order valence-corrected chi connectivity index (χ0v) is 21.0. The van der Waals surface area contributed by atoms with Gasteiger partial charge < -0.3 is 52.1 Å². The molecule has 0 bridgehead atoms. The molecule has 0 fully saturated rings. The molecule has 0 spiro atoms. The summed E-state index contributed by atoms with van der Waals surface area (Å²) in [6, 6.07) is 9.68. The van der Waals surface area contributed by atoms with Gasteiger partial charge in [0.2, 0.25) is 5.75 Å². The predicted octanol–water partition coefficient (Wildman–Crippen LogP) is 0.980. The molecule has 0 heterocycles. The lowest BCUT2D eigenvalue weighted by molar-refractivity contribution is -0.870. The van der Waals surface area contributed by atoms with Crippen molar-refractivity contribution in [1.29, 1.82) is 0 Å². The van der Waals surface area contributed by atoms with Gasteiger partial charge in [0.05, 0.1) is 49.6 Å². The highest BCUT2D eigenvalue weighted by Gasteiger charge is 2.12. The van der Waals surface area contributed by atoms with E-state index in [1.807, 2.05) is 42.5 Å². The maximum Gasteiger partial charge on any atom is 0.203 e. The van der Waals surface area contributed by atoms with E-state index in [4.69, 9.17) is 23.7 Å². The van der Waals surface area contributed by atoms with Crippen LogP contribution in [-0.2, 0) is 0 Å². The van der Waals surface area contributed by atoms with Crippen molar-refractivity contribution < 1.29 is 52.1 Å². The quantitative estimate of drug-likeness (QED) is 0.261. The Balaban J connectivity index is 0.00000450. The molecular weight excluding hydrogens is 497 g/mol. The van der Waals surface area contributed by atoms with Crippen LogP contribution in [0.25, 0.3) is 12.2 Å². The van der Waals surface area contributed by atoms with Crippen molar-refractivity contribution in [2.75, 3.05) is 62.7 Å². The second-order valence-electron chi connectivity index (χ2n) is 7.56. The van der Waals surface area contributed by atoms with E-state index in [0.717, 1.165) is 33.7 Å². The average Bonchev–Trinajstić information content (AvgIpc) is 2.70. The van der Waals surface area contributed by atoms with Gasteiger partial charge in [-0.15, -0.1) is 0 Å².